The van der Waals surface area contributed by atoms with Gasteiger partial charge in [0.15, 0.2) is 6.07 Å². The lowest BCUT2D eigenvalue weighted by Gasteiger charge is -2.27. The number of nitriles is 1. The fourth-order valence-corrected chi connectivity index (χ4v) is 2.32. The molecule has 0 bridgehead atoms. The van der Waals surface area contributed by atoms with Crippen LogP contribution in [0.4, 0.5) is 23.2 Å². The number of hydrogen-bond donors (Lipinski definition) is 3. The van der Waals surface area contributed by atoms with E-state index in [-0.39, 0.29) is 11.2 Å². The summed E-state index contributed by atoms with van der Waals surface area (Å²) in [5.41, 5.74) is -5.58. The van der Waals surface area contributed by atoms with E-state index in [4.69, 9.17) is 5.26 Å². The zero-order chi connectivity index (χ0) is 20.6. The van der Waals surface area contributed by atoms with E-state index in [1.54, 1.807) is 6.92 Å². The fourth-order valence-electron chi connectivity index (χ4n) is 2.32. The lowest BCUT2D eigenvalue weighted by atomic mass is 9.98. The number of carbonyl (C=O) groups excluding carboxylic acids is 1. The van der Waals surface area contributed by atoms with Crippen molar-refractivity contribution in [2.45, 2.75) is 32.0 Å². The molecule has 2 heterocycles. The van der Waals surface area contributed by atoms with Crippen LogP contribution in [-0.4, -0.2) is 20.9 Å². The number of halogens is 4. The highest BCUT2D eigenvalue weighted by Crippen LogP contribution is 2.32. The number of H-pyrrole nitrogens is 1. The molecule has 0 spiro atoms. The molecule has 2 rings (SSSR count). The molecule has 2 aromatic rings. The van der Waals surface area contributed by atoms with Gasteiger partial charge in [-0.3, -0.25) is 24.6 Å². The van der Waals surface area contributed by atoms with Crippen molar-refractivity contribution in [3.05, 3.63) is 45.9 Å². The molecule has 0 radical (unpaired) electrons. The van der Waals surface area contributed by atoms with E-state index in [2.05, 4.69) is 10.4 Å². The summed E-state index contributed by atoms with van der Waals surface area (Å²) in [4.78, 5) is 23.9. The summed E-state index contributed by atoms with van der Waals surface area (Å²) in [5, 5.41) is 22.7. The quantitative estimate of drug-likeness (QED) is 0.418. The summed E-state index contributed by atoms with van der Waals surface area (Å²) in [5.74, 6) is -2.01. The normalized spacial score (nSPS) is 13.7. The first kappa shape index (κ1) is 20.0. The zero-order valence-corrected chi connectivity index (χ0v) is 14.1. The van der Waals surface area contributed by atoms with Crippen LogP contribution in [0, 0.1) is 17.1 Å². The number of amides is 1. The molecule has 12 heteroatoms. The van der Waals surface area contributed by atoms with Gasteiger partial charge in [0.25, 0.3) is 11.5 Å². The number of aromatic nitrogens is 3. The van der Waals surface area contributed by atoms with Gasteiger partial charge in [-0.15, -0.1) is 0 Å². The maximum atomic E-state index is 13.3. The Morgan fingerprint density at radius 1 is 1.48 bits per heavy atom. The Labute approximate surface area is 149 Å². The second kappa shape index (κ2) is 6.75. The van der Waals surface area contributed by atoms with Crippen molar-refractivity contribution in [2.75, 3.05) is 5.32 Å². The summed E-state index contributed by atoms with van der Waals surface area (Å²) in [7, 11) is 0. The summed E-state index contributed by atoms with van der Waals surface area (Å²) >= 11 is 0. The number of hydrogen-bond acceptors (Lipinski definition) is 4. The van der Waals surface area contributed by atoms with Gasteiger partial charge in [-0.1, -0.05) is 6.92 Å². The second-order valence-electron chi connectivity index (χ2n) is 5.81. The molecule has 0 saturated heterocycles. The van der Waals surface area contributed by atoms with Crippen LogP contribution in [0.3, 0.4) is 0 Å². The molecule has 0 aromatic carbocycles. The van der Waals surface area contributed by atoms with Gasteiger partial charge >= 0.3 is 11.9 Å². The van der Waals surface area contributed by atoms with E-state index in [9.17, 15) is 32.4 Å². The van der Waals surface area contributed by atoms with Crippen molar-refractivity contribution in [1.82, 2.24) is 9.78 Å². The standard InChI is InChI=1S/C15H13F4N5O3/c1-3-14(2,24-7-10(16)12(25)22-24)13(26)21-8-4-9(15(17,18)19)11(5-20)23(27)6-8/h4,6-7H,3H2,1-2H3,(H2-,21,22,25,26,27)/p+1. The third kappa shape index (κ3) is 3.62. The highest BCUT2D eigenvalue weighted by atomic mass is 19.4. The first-order valence-electron chi connectivity index (χ1n) is 7.49. The van der Waals surface area contributed by atoms with Gasteiger partial charge in [0.05, 0.1) is 6.20 Å². The number of aromatic amines is 1. The molecule has 1 amide bonds. The van der Waals surface area contributed by atoms with Crippen LogP contribution in [0.25, 0.3) is 0 Å². The predicted molar refractivity (Wildman–Crippen MR) is 81.1 cm³/mol. The van der Waals surface area contributed by atoms with E-state index in [1.165, 1.54) is 13.0 Å². The molecular weight excluding hydrogens is 374 g/mol. The topological polar surface area (TPSA) is 115 Å². The van der Waals surface area contributed by atoms with Crippen LogP contribution in [0.2, 0.25) is 0 Å². The minimum absolute atomic E-state index is 0.0461. The molecule has 0 fully saturated rings. The third-order valence-electron chi connectivity index (χ3n) is 4.11. The van der Waals surface area contributed by atoms with Crippen molar-refractivity contribution in [3.8, 4) is 6.07 Å². The molecule has 3 N–H and O–H groups in total. The zero-order valence-electron chi connectivity index (χ0n) is 14.1. The first-order valence-corrected chi connectivity index (χ1v) is 7.49. The van der Waals surface area contributed by atoms with E-state index >= 15 is 0 Å². The molecule has 1 unspecified atom stereocenters. The molecule has 144 valence electrons. The minimum atomic E-state index is -4.96. The number of rotatable bonds is 4. The molecule has 2 aromatic heterocycles. The highest BCUT2D eigenvalue weighted by molar-refractivity contribution is 5.96. The molecule has 27 heavy (non-hydrogen) atoms. The number of anilines is 1. The Morgan fingerprint density at radius 3 is 2.56 bits per heavy atom. The lowest BCUT2D eigenvalue weighted by molar-refractivity contribution is -0.906. The van der Waals surface area contributed by atoms with Gasteiger partial charge in [0, 0.05) is 4.73 Å². The molecule has 8 nitrogen and oxygen atoms in total. The average Bonchev–Trinajstić information content (AvgIpc) is 2.92. The van der Waals surface area contributed by atoms with Crippen molar-refractivity contribution < 1.29 is 32.3 Å². The SMILES string of the molecule is CCC(C)(C(=O)Nc1cc(C(F)(F)F)c(C#N)[n+](O)c1)n1cc(F)c(=O)[nH]1. The van der Waals surface area contributed by atoms with Gasteiger partial charge in [-0.2, -0.15) is 22.8 Å². The number of pyridine rings is 1. The average molecular weight is 388 g/mol. The third-order valence-corrected chi connectivity index (χ3v) is 4.11. The van der Waals surface area contributed by atoms with E-state index in [0.717, 1.165) is 10.9 Å². The summed E-state index contributed by atoms with van der Waals surface area (Å²) in [6.07, 6.45) is -3.44. The van der Waals surface area contributed by atoms with Crippen LogP contribution in [0.15, 0.2) is 23.3 Å². The Kier molecular flexibility index (Phi) is 4.99. The summed E-state index contributed by atoms with van der Waals surface area (Å²) < 4.78 is 53.4. The number of nitrogens with one attached hydrogen (secondary N) is 2. The molecule has 1 atom stereocenters. The van der Waals surface area contributed by atoms with Crippen molar-refractivity contribution in [2.24, 2.45) is 0 Å². The van der Waals surface area contributed by atoms with Gasteiger partial charge in [-0.25, -0.2) is 0 Å². The number of carbonyl (C=O) groups is 1. The Morgan fingerprint density at radius 2 is 2.11 bits per heavy atom. The molecular formula is C15H14F4N5O3+. The van der Waals surface area contributed by atoms with Gasteiger partial charge in [0.2, 0.25) is 12.0 Å². The molecule has 0 aliphatic rings. The number of alkyl halides is 3. The molecule has 0 saturated carbocycles. The lowest BCUT2D eigenvalue weighted by Crippen LogP contribution is -2.44. The Bertz CT molecular complexity index is 989. The second-order valence-corrected chi connectivity index (χ2v) is 5.81. The van der Waals surface area contributed by atoms with Crippen LogP contribution >= 0.6 is 0 Å². The largest absolute Gasteiger partial charge is 0.423 e. The highest BCUT2D eigenvalue weighted by Gasteiger charge is 2.41. The summed E-state index contributed by atoms with van der Waals surface area (Å²) in [6, 6.07) is 1.71. The van der Waals surface area contributed by atoms with Gasteiger partial charge < -0.3 is 5.32 Å². The predicted octanol–water partition coefficient (Wildman–Crippen LogP) is 1.49. The van der Waals surface area contributed by atoms with E-state index < -0.39 is 45.9 Å². The minimum Gasteiger partial charge on any atom is -0.319 e. The maximum absolute atomic E-state index is 13.3. The Balaban J connectivity index is 2.46. The van der Waals surface area contributed by atoms with E-state index in [0.29, 0.717) is 12.3 Å². The van der Waals surface area contributed by atoms with Gasteiger partial charge in [-0.05, 0) is 19.4 Å². The van der Waals surface area contributed by atoms with Crippen LogP contribution in [0.1, 0.15) is 31.5 Å². The fraction of sp³-hybridized carbons (Fsp3) is 0.333. The van der Waals surface area contributed by atoms with Crippen LogP contribution in [0.5, 0.6) is 0 Å². The van der Waals surface area contributed by atoms with Crippen molar-refractivity contribution >= 4 is 11.6 Å². The van der Waals surface area contributed by atoms with Gasteiger partial charge in [0.1, 0.15) is 16.8 Å². The van der Waals surface area contributed by atoms with Crippen LogP contribution < -0.4 is 15.6 Å². The number of nitrogens with zero attached hydrogens (tertiary/aromatic N) is 3. The molecule has 0 aliphatic heterocycles. The van der Waals surface area contributed by atoms with E-state index in [1.807, 2.05) is 0 Å². The van der Waals surface area contributed by atoms with Crippen molar-refractivity contribution in [3.63, 3.8) is 0 Å². The first-order chi connectivity index (χ1) is 12.4. The molecule has 0 aliphatic carbocycles. The smallest absolute Gasteiger partial charge is 0.319 e. The van der Waals surface area contributed by atoms with Crippen molar-refractivity contribution in [1.29, 1.82) is 5.26 Å². The maximum Gasteiger partial charge on any atom is 0.423 e. The Hall–Kier alpha value is -3.36. The summed E-state index contributed by atoms with van der Waals surface area (Å²) in [6.45, 7) is 2.88. The monoisotopic (exact) mass is 388 g/mol. The van der Waals surface area contributed by atoms with Crippen LogP contribution in [-0.2, 0) is 16.5 Å².